The van der Waals surface area contributed by atoms with Crippen molar-refractivity contribution in [2.75, 3.05) is 26.0 Å². The van der Waals surface area contributed by atoms with Gasteiger partial charge in [0.05, 0.1) is 5.56 Å². The highest BCUT2D eigenvalue weighted by Crippen LogP contribution is 2.29. The normalized spacial score (nSPS) is 11.6. The second kappa shape index (κ2) is 10.4. The average molecular weight is 492 g/mol. The molecule has 0 bridgehead atoms. The van der Waals surface area contributed by atoms with Gasteiger partial charge in [-0.25, -0.2) is 0 Å². The molecule has 0 aliphatic rings. The van der Waals surface area contributed by atoms with Crippen molar-refractivity contribution < 1.29 is 13.2 Å². The van der Waals surface area contributed by atoms with Crippen molar-refractivity contribution >= 4 is 35.6 Å². The summed E-state index contributed by atoms with van der Waals surface area (Å²) in [6.45, 7) is 0.819. The lowest BCUT2D eigenvalue weighted by Crippen LogP contribution is -2.36. The third kappa shape index (κ3) is 7.28. The Hall–Kier alpha value is -1.97. The molecule has 0 heterocycles. The summed E-state index contributed by atoms with van der Waals surface area (Å²) >= 11 is 0. The van der Waals surface area contributed by atoms with Crippen molar-refractivity contribution in [1.29, 1.82) is 0 Å². The van der Waals surface area contributed by atoms with Crippen molar-refractivity contribution in [3.05, 3.63) is 65.2 Å². The van der Waals surface area contributed by atoms with Crippen LogP contribution in [0.3, 0.4) is 0 Å². The molecule has 0 radical (unpaired) electrons. The summed E-state index contributed by atoms with van der Waals surface area (Å²) in [6.07, 6.45) is -4.34. The van der Waals surface area contributed by atoms with E-state index in [2.05, 4.69) is 15.6 Å². The van der Waals surface area contributed by atoms with Gasteiger partial charge in [0.25, 0.3) is 0 Å². The summed E-state index contributed by atoms with van der Waals surface area (Å²) in [5.74, 6) is 0.527. The summed E-state index contributed by atoms with van der Waals surface area (Å²) in [4.78, 5) is 6.12. The second-order valence-electron chi connectivity index (χ2n) is 6.04. The molecule has 2 N–H and O–H groups in total. The number of aliphatic imine (C=N–C) groups is 1. The molecule has 2 rings (SSSR count). The predicted molar refractivity (Wildman–Crippen MR) is 115 cm³/mol. The molecule has 27 heavy (non-hydrogen) atoms. The first-order chi connectivity index (χ1) is 12.3. The van der Waals surface area contributed by atoms with Crippen LogP contribution in [0.2, 0.25) is 0 Å². The molecule has 0 atom stereocenters. The molecule has 0 aromatic heterocycles. The van der Waals surface area contributed by atoms with E-state index in [4.69, 9.17) is 0 Å². The lowest BCUT2D eigenvalue weighted by Gasteiger charge is -2.15. The third-order valence-electron chi connectivity index (χ3n) is 3.85. The number of hydrogen-bond donors (Lipinski definition) is 2. The van der Waals surface area contributed by atoms with E-state index in [-0.39, 0.29) is 30.5 Å². The van der Waals surface area contributed by atoms with Gasteiger partial charge in [0, 0.05) is 39.9 Å². The molecule has 0 saturated carbocycles. The second-order valence-corrected chi connectivity index (χ2v) is 6.04. The number of benzene rings is 2. The van der Waals surface area contributed by atoms with Gasteiger partial charge in [-0.05, 0) is 35.4 Å². The molecule has 0 fully saturated rings. The predicted octanol–water partition coefficient (Wildman–Crippen LogP) is 4.25. The van der Waals surface area contributed by atoms with Crippen molar-refractivity contribution in [3.8, 4) is 0 Å². The number of anilines is 1. The van der Waals surface area contributed by atoms with E-state index in [9.17, 15) is 13.2 Å². The van der Waals surface area contributed by atoms with E-state index in [1.807, 2.05) is 43.3 Å². The van der Waals surface area contributed by atoms with Gasteiger partial charge >= 0.3 is 6.18 Å². The molecule has 2 aromatic rings. The molecule has 0 aliphatic heterocycles. The molecule has 0 saturated heterocycles. The highest BCUT2D eigenvalue weighted by molar-refractivity contribution is 14.0. The van der Waals surface area contributed by atoms with Gasteiger partial charge in [0.15, 0.2) is 5.96 Å². The standard InChI is InChI=1S/C19H23F3N4.HI/c1-23-18(24-12-14-7-9-17(10-8-14)26(2)3)25-13-15-5-4-6-16(11-15)19(20,21)22;/h4-11H,12-13H2,1-3H3,(H2,23,24,25);1H. The fraction of sp³-hybridized carbons (Fsp3) is 0.316. The van der Waals surface area contributed by atoms with Crippen LogP contribution in [0.25, 0.3) is 0 Å². The number of nitrogens with one attached hydrogen (secondary N) is 2. The smallest absolute Gasteiger partial charge is 0.378 e. The van der Waals surface area contributed by atoms with Gasteiger partial charge in [0.2, 0.25) is 0 Å². The maximum Gasteiger partial charge on any atom is 0.416 e. The van der Waals surface area contributed by atoms with Gasteiger partial charge in [0.1, 0.15) is 0 Å². The van der Waals surface area contributed by atoms with E-state index in [1.54, 1.807) is 13.1 Å². The third-order valence-corrected chi connectivity index (χ3v) is 3.85. The summed E-state index contributed by atoms with van der Waals surface area (Å²) in [6, 6.07) is 13.3. The van der Waals surface area contributed by atoms with Crippen molar-refractivity contribution in [2.24, 2.45) is 4.99 Å². The average Bonchev–Trinajstić information content (AvgIpc) is 2.61. The molecule has 0 aliphatic carbocycles. The van der Waals surface area contributed by atoms with Crippen molar-refractivity contribution in [1.82, 2.24) is 10.6 Å². The highest BCUT2D eigenvalue weighted by atomic mass is 127. The monoisotopic (exact) mass is 492 g/mol. The van der Waals surface area contributed by atoms with Crippen LogP contribution >= 0.6 is 24.0 Å². The van der Waals surface area contributed by atoms with Crippen LogP contribution < -0.4 is 15.5 Å². The molecular formula is C19H24F3IN4. The number of alkyl halides is 3. The summed E-state index contributed by atoms with van der Waals surface area (Å²) in [5, 5.41) is 6.18. The SMILES string of the molecule is CN=C(NCc1ccc(N(C)C)cc1)NCc1cccc(C(F)(F)F)c1.I. The number of halogens is 4. The van der Waals surface area contributed by atoms with E-state index in [0.717, 1.165) is 23.4 Å². The number of rotatable bonds is 5. The first kappa shape index (κ1) is 23.1. The van der Waals surface area contributed by atoms with Crippen molar-refractivity contribution in [2.45, 2.75) is 19.3 Å². The minimum Gasteiger partial charge on any atom is -0.378 e. The minimum atomic E-state index is -4.34. The number of nitrogens with zero attached hydrogens (tertiary/aromatic N) is 2. The number of hydrogen-bond acceptors (Lipinski definition) is 2. The van der Waals surface area contributed by atoms with Crippen LogP contribution in [0.5, 0.6) is 0 Å². The highest BCUT2D eigenvalue weighted by Gasteiger charge is 2.30. The molecule has 0 spiro atoms. The molecule has 4 nitrogen and oxygen atoms in total. The Morgan fingerprint density at radius 3 is 2.07 bits per heavy atom. The summed E-state index contributed by atoms with van der Waals surface area (Å²) in [7, 11) is 5.58. The zero-order valence-corrected chi connectivity index (χ0v) is 17.8. The van der Waals surface area contributed by atoms with Crippen LogP contribution in [-0.2, 0) is 19.3 Å². The van der Waals surface area contributed by atoms with E-state index >= 15 is 0 Å². The lowest BCUT2D eigenvalue weighted by atomic mass is 10.1. The fourth-order valence-electron chi connectivity index (χ4n) is 2.36. The summed E-state index contributed by atoms with van der Waals surface area (Å²) in [5.41, 5.74) is 2.08. The van der Waals surface area contributed by atoms with Crippen LogP contribution in [0.1, 0.15) is 16.7 Å². The zero-order chi connectivity index (χ0) is 19.2. The van der Waals surface area contributed by atoms with Crippen molar-refractivity contribution in [3.63, 3.8) is 0 Å². The molecule has 8 heteroatoms. The lowest BCUT2D eigenvalue weighted by molar-refractivity contribution is -0.137. The Labute approximate surface area is 174 Å². The van der Waals surface area contributed by atoms with Gasteiger partial charge in [-0.2, -0.15) is 13.2 Å². The molecule has 0 unspecified atom stereocenters. The quantitative estimate of drug-likeness (QED) is 0.373. The molecule has 2 aromatic carbocycles. The first-order valence-electron chi connectivity index (χ1n) is 8.16. The Bertz CT molecular complexity index is 743. The number of guanidine groups is 1. The van der Waals surface area contributed by atoms with Gasteiger partial charge in [-0.1, -0.05) is 24.3 Å². The zero-order valence-electron chi connectivity index (χ0n) is 15.5. The van der Waals surface area contributed by atoms with E-state index in [1.165, 1.54) is 6.07 Å². The van der Waals surface area contributed by atoms with E-state index in [0.29, 0.717) is 18.1 Å². The fourth-order valence-corrected chi connectivity index (χ4v) is 2.36. The Morgan fingerprint density at radius 2 is 1.56 bits per heavy atom. The Morgan fingerprint density at radius 1 is 0.963 bits per heavy atom. The largest absolute Gasteiger partial charge is 0.416 e. The van der Waals surface area contributed by atoms with Gasteiger partial charge in [-0.3, -0.25) is 4.99 Å². The Balaban J connectivity index is 0.00000364. The maximum absolute atomic E-state index is 12.8. The van der Waals surface area contributed by atoms with Crippen LogP contribution in [0.15, 0.2) is 53.5 Å². The van der Waals surface area contributed by atoms with Crippen LogP contribution in [-0.4, -0.2) is 27.1 Å². The molecular weight excluding hydrogens is 468 g/mol. The Kier molecular flexibility index (Phi) is 8.87. The minimum absolute atomic E-state index is 0. The first-order valence-corrected chi connectivity index (χ1v) is 8.16. The summed E-state index contributed by atoms with van der Waals surface area (Å²) < 4.78 is 38.3. The van der Waals surface area contributed by atoms with Crippen LogP contribution in [0.4, 0.5) is 18.9 Å². The topological polar surface area (TPSA) is 39.7 Å². The molecule has 0 amide bonds. The van der Waals surface area contributed by atoms with Gasteiger partial charge in [-0.15, -0.1) is 24.0 Å². The molecule has 148 valence electrons. The van der Waals surface area contributed by atoms with Gasteiger partial charge < -0.3 is 15.5 Å². The maximum atomic E-state index is 12.8. The van der Waals surface area contributed by atoms with E-state index < -0.39 is 11.7 Å². The van der Waals surface area contributed by atoms with Crippen LogP contribution in [0, 0.1) is 0 Å².